The number of amides is 2. The van der Waals surface area contributed by atoms with Gasteiger partial charge in [0.25, 0.3) is 0 Å². The first-order chi connectivity index (χ1) is 9.17. The van der Waals surface area contributed by atoms with Crippen LogP contribution in [-0.2, 0) is 20.1 Å². The fourth-order valence-corrected chi connectivity index (χ4v) is 1.70. The molecule has 2 amide bonds. The molecule has 0 radical (unpaired) electrons. The average molecular weight is 259 g/mol. The first-order valence-electron chi connectivity index (χ1n) is 5.99. The van der Waals surface area contributed by atoms with Gasteiger partial charge in [0.1, 0.15) is 0 Å². The molecular weight excluding hydrogens is 242 g/mol. The van der Waals surface area contributed by atoms with Crippen LogP contribution in [0.1, 0.15) is 11.1 Å². The van der Waals surface area contributed by atoms with E-state index in [9.17, 15) is 4.79 Å². The van der Waals surface area contributed by atoms with Gasteiger partial charge in [-0.3, -0.25) is 4.68 Å². The summed E-state index contributed by atoms with van der Waals surface area (Å²) in [6.07, 6.45) is 3.57. The summed E-state index contributed by atoms with van der Waals surface area (Å²) in [7, 11) is 1.84. The zero-order valence-corrected chi connectivity index (χ0v) is 10.8. The van der Waals surface area contributed by atoms with Crippen LogP contribution in [0.5, 0.6) is 0 Å². The summed E-state index contributed by atoms with van der Waals surface area (Å²) >= 11 is 0. The minimum atomic E-state index is -0.252. The second kappa shape index (κ2) is 6.01. The highest BCUT2D eigenvalue weighted by atomic mass is 16.2. The Labute approximate surface area is 111 Å². The highest BCUT2D eigenvalue weighted by Gasteiger charge is 2.03. The molecule has 1 heterocycles. The number of hydrogen-bond donors (Lipinski definition) is 3. The molecule has 1 aromatic carbocycles. The third-order valence-corrected chi connectivity index (χ3v) is 2.63. The van der Waals surface area contributed by atoms with E-state index >= 15 is 0 Å². The van der Waals surface area contributed by atoms with Gasteiger partial charge in [-0.05, 0) is 17.7 Å². The van der Waals surface area contributed by atoms with E-state index in [1.54, 1.807) is 10.9 Å². The molecule has 0 unspecified atom stereocenters. The highest BCUT2D eigenvalue weighted by molar-refractivity contribution is 5.89. The molecule has 0 aliphatic rings. The van der Waals surface area contributed by atoms with Crippen molar-refractivity contribution in [2.75, 3.05) is 5.32 Å². The average Bonchev–Trinajstić information content (AvgIpc) is 2.82. The molecule has 0 bridgehead atoms. The van der Waals surface area contributed by atoms with Crippen molar-refractivity contribution in [3.05, 3.63) is 47.8 Å². The number of carbonyl (C=O) groups is 1. The molecule has 0 atom stereocenters. The van der Waals surface area contributed by atoms with Gasteiger partial charge in [0.2, 0.25) is 0 Å². The van der Waals surface area contributed by atoms with Crippen LogP contribution in [0.3, 0.4) is 0 Å². The Morgan fingerprint density at radius 3 is 2.95 bits per heavy atom. The van der Waals surface area contributed by atoms with Crippen LogP contribution in [0, 0.1) is 0 Å². The lowest BCUT2D eigenvalue weighted by molar-refractivity contribution is 0.251. The standard InChI is InChI=1S/C13H17N5O/c1-18-9-11(8-16-18)7-15-13(19)17-12-4-2-3-10(5-12)6-14/h2-5,8-9H,6-7,14H2,1H3,(H2,15,17,19). The molecule has 6 nitrogen and oxygen atoms in total. The van der Waals surface area contributed by atoms with Crippen molar-refractivity contribution in [1.82, 2.24) is 15.1 Å². The maximum atomic E-state index is 11.7. The van der Waals surface area contributed by atoms with Gasteiger partial charge < -0.3 is 16.4 Å². The Morgan fingerprint density at radius 1 is 1.42 bits per heavy atom. The molecule has 2 aromatic rings. The number of hydrogen-bond acceptors (Lipinski definition) is 3. The minimum Gasteiger partial charge on any atom is -0.334 e. The summed E-state index contributed by atoms with van der Waals surface area (Å²) in [5.41, 5.74) is 8.21. The summed E-state index contributed by atoms with van der Waals surface area (Å²) in [6.45, 7) is 0.892. The molecule has 0 saturated carbocycles. The number of urea groups is 1. The van der Waals surface area contributed by atoms with E-state index in [0.29, 0.717) is 13.1 Å². The maximum absolute atomic E-state index is 11.7. The SMILES string of the molecule is Cn1cc(CNC(=O)Nc2cccc(CN)c2)cn1. The van der Waals surface area contributed by atoms with E-state index in [0.717, 1.165) is 16.8 Å². The Morgan fingerprint density at radius 2 is 2.26 bits per heavy atom. The van der Waals surface area contributed by atoms with E-state index in [1.165, 1.54) is 0 Å². The van der Waals surface area contributed by atoms with Crippen molar-refractivity contribution in [2.45, 2.75) is 13.1 Å². The lowest BCUT2D eigenvalue weighted by atomic mass is 10.2. The Hall–Kier alpha value is -2.34. The third kappa shape index (κ3) is 3.82. The van der Waals surface area contributed by atoms with Crippen LogP contribution in [0.2, 0.25) is 0 Å². The molecule has 2 rings (SSSR count). The van der Waals surface area contributed by atoms with Gasteiger partial charge in [-0.2, -0.15) is 5.10 Å². The van der Waals surface area contributed by atoms with Crippen molar-refractivity contribution >= 4 is 11.7 Å². The Balaban J connectivity index is 1.86. The molecular formula is C13H17N5O. The smallest absolute Gasteiger partial charge is 0.319 e. The van der Waals surface area contributed by atoms with Gasteiger partial charge in [0.05, 0.1) is 6.20 Å². The van der Waals surface area contributed by atoms with Gasteiger partial charge in [0, 0.05) is 37.6 Å². The van der Waals surface area contributed by atoms with E-state index in [2.05, 4.69) is 15.7 Å². The number of nitrogens with two attached hydrogens (primary N) is 1. The summed E-state index contributed by atoms with van der Waals surface area (Å²) in [4.78, 5) is 11.7. The molecule has 0 fully saturated rings. The summed E-state index contributed by atoms with van der Waals surface area (Å²) in [6, 6.07) is 7.20. The summed E-state index contributed by atoms with van der Waals surface area (Å²) in [5.74, 6) is 0. The van der Waals surface area contributed by atoms with Crippen LogP contribution in [0.15, 0.2) is 36.7 Å². The molecule has 4 N–H and O–H groups in total. The molecule has 0 aliphatic carbocycles. The molecule has 100 valence electrons. The van der Waals surface area contributed by atoms with Crippen molar-refractivity contribution in [1.29, 1.82) is 0 Å². The molecule has 19 heavy (non-hydrogen) atoms. The minimum absolute atomic E-state index is 0.252. The quantitative estimate of drug-likeness (QED) is 0.771. The van der Waals surface area contributed by atoms with Crippen LogP contribution in [0.4, 0.5) is 10.5 Å². The van der Waals surface area contributed by atoms with Crippen LogP contribution >= 0.6 is 0 Å². The normalized spacial score (nSPS) is 10.2. The lowest BCUT2D eigenvalue weighted by Crippen LogP contribution is -2.28. The number of aryl methyl sites for hydroxylation is 1. The zero-order chi connectivity index (χ0) is 13.7. The number of carbonyl (C=O) groups excluding carboxylic acids is 1. The topological polar surface area (TPSA) is 85.0 Å². The maximum Gasteiger partial charge on any atom is 0.319 e. The Bertz CT molecular complexity index is 564. The Kier molecular flexibility index (Phi) is 4.15. The van der Waals surface area contributed by atoms with Crippen molar-refractivity contribution in [3.63, 3.8) is 0 Å². The van der Waals surface area contributed by atoms with Crippen LogP contribution in [0.25, 0.3) is 0 Å². The van der Waals surface area contributed by atoms with E-state index in [4.69, 9.17) is 5.73 Å². The molecule has 1 aromatic heterocycles. The van der Waals surface area contributed by atoms with Gasteiger partial charge >= 0.3 is 6.03 Å². The number of rotatable bonds is 4. The van der Waals surface area contributed by atoms with Gasteiger partial charge in [-0.25, -0.2) is 4.79 Å². The van der Waals surface area contributed by atoms with Crippen molar-refractivity contribution in [2.24, 2.45) is 12.8 Å². The van der Waals surface area contributed by atoms with Crippen LogP contribution < -0.4 is 16.4 Å². The fourth-order valence-electron chi connectivity index (χ4n) is 1.70. The number of nitrogens with one attached hydrogen (secondary N) is 2. The van der Waals surface area contributed by atoms with E-state index in [-0.39, 0.29) is 6.03 Å². The summed E-state index contributed by atoms with van der Waals surface area (Å²) < 4.78 is 1.69. The third-order valence-electron chi connectivity index (χ3n) is 2.63. The van der Waals surface area contributed by atoms with Gasteiger partial charge in [-0.1, -0.05) is 12.1 Å². The molecule has 0 aliphatic heterocycles. The molecule has 0 saturated heterocycles. The number of benzene rings is 1. The van der Waals surface area contributed by atoms with Crippen molar-refractivity contribution in [3.8, 4) is 0 Å². The second-order valence-electron chi connectivity index (χ2n) is 4.23. The van der Waals surface area contributed by atoms with Gasteiger partial charge in [0.15, 0.2) is 0 Å². The predicted molar refractivity (Wildman–Crippen MR) is 73.4 cm³/mol. The number of anilines is 1. The number of nitrogens with zero attached hydrogens (tertiary/aromatic N) is 2. The zero-order valence-electron chi connectivity index (χ0n) is 10.8. The van der Waals surface area contributed by atoms with E-state index in [1.807, 2.05) is 37.5 Å². The lowest BCUT2D eigenvalue weighted by Gasteiger charge is -2.07. The highest BCUT2D eigenvalue weighted by Crippen LogP contribution is 2.09. The second-order valence-corrected chi connectivity index (χ2v) is 4.23. The first kappa shape index (κ1) is 13.1. The van der Waals surface area contributed by atoms with Crippen molar-refractivity contribution < 1.29 is 4.79 Å². The van der Waals surface area contributed by atoms with Crippen LogP contribution in [-0.4, -0.2) is 15.8 Å². The first-order valence-corrected chi connectivity index (χ1v) is 5.99. The number of aromatic nitrogens is 2. The molecule has 6 heteroatoms. The fraction of sp³-hybridized carbons (Fsp3) is 0.231. The van der Waals surface area contributed by atoms with E-state index < -0.39 is 0 Å². The summed E-state index contributed by atoms with van der Waals surface area (Å²) in [5, 5.41) is 9.56. The largest absolute Gasteiger partial charge is 0.334 e. The van der Waals surface area contributed by atoms with Gasteiger partial charge in [-0.15, -0.1) is 0 Å². The monoisotopic (exact) mass is 259 g/mol. The predicted octanol–water partition coefficient (Wildman–Crippen LogP) is 1.20. The molecule has 0 spiro atoms.